The molecule has 0 bridgehead atoms. The normalized spacial score (nSPS) is 21.9. The van der Waals surface area contributed by atoms with E-state index in [0.29, 0.717) is 12.1 Å². The maximum Gasteiger partial charge on any atom is 0.368 e. The van der Waals surface area contributed by atoms with E-state index < -0.39 is 11.5 Å². The number of hydrogen-bond acceptors (Lipinski definition) is 4. The number of benzene rings is 1. The molecule has 1 atom stereocenters. The summed E-state index contributed by atoms with van der Waals surface area (Å²) in [6.45, 7) is 1.78. The first-order valence-electron chi connectivity index (χ1n) is 6.57. The molecule has 1 aliphatic heterocycles. The lowest BCUT2D eigenvalue weighted by Crippen LogP contribution is -2.41. The van der Waals surface area contributed by atoms with Gasteiger partial charge in [-0.15, -0.1) is 0 Å². The number of carbonyl (C=O) groups is 1. The maximum atomic E-state index is 12.1. The van der Waals surface area contributed by atoms with E-state index in [9.17, 15) is 4.79 Å². The number of oxime groups is 1. The molecule has 1 aliphatic rings. The van der Waals surface area contributed by atoms with Crippen molar-refractivity contribution < 1.29 is 9.63 Å². The van der Waals surface area contributed by atoms with E-state index in [4.69, 9.17) is 4.84 Å². The SMILES string of the molecule is CC1=NOC(=O)C1(CCc1ccccc1)N=CN(C)C. The Kier molecular flexibility index (Phi) is 4.17. The fraction of sp³-hybridized carbons (Fsp3) is 0.400. The second kappa shape index (κ2) is 5.86. The van der Waals surface area contributed by atoms with Crippen molar-refractivity contribution in [3.63, 3.8) is 0 Å². The van der Waals surface area contributed by atoms with E-state index in [0.717, 1.165) is 6.42 Å². The quantitative estimate of drug-likeness (QED) is 0.467. The molecule has 5 heteroatoms. The van der Waals surface area contributed by atoms with Gasteiger partial charge in [-0.1, -0.05) is 35.5 Å². The Morgan fingerprint density at radius 3 is 2.60 bits per heavy atom. The lowest BCUT2D eigenvalue weighted by atomic mass is 9.88. The molecule has 1 unspecified atom stereocenters. The van der Waals surface area contributed by atoms with Gasteiger partial charge in [-0.2, -0.15) is 0 Å². The Bertz CT molecular complexity index is 537. The summed E-state index contributed by atoms with van der Waals surface area (Å²) in [5.41, 5.74) is 0.788. The highest BCUT2D eigenvalue weighted by molar-refractivity contribution is 6.13. The molecule has 0 saturated heterocycles. The van der Waals surface area contributed by atoms with Gasteiger partial charge in [-0.3, -0.25) is 4.99 Å². The van der Waals surface area contributed by atoms with Gasteiger partial charge in [0.25, 0.3) is 0 Å². The molecule has 1 heterocycles. The fourth-order valence-corrected chi connectivity index (χ4v) is 2.09. The fourth-order valence-electron chi connectivity index (χ4n) is 2.09. The molecule has 2 rings (SSSR count). The van der Waals surface area contributed by atoms with Crippen molar-refractivity contribution >= 4 is 18.0 Å². The second-order valence-corrected chi connectivity index (χ2v) is 5.11. The van der Waals surface area contributed by atoms with Crippen LogP contribution < -0.4 is 0 Å². The monoisotopic (exact) mass is 273 g/mol. The topological polar surface area (TPSA) is 54.3 Å². The third-order valence-electron chi connectivity index (χ3n) is 3.33. The molecular formula is C15H19N3O2. The molecule has 0 radical (unpaired) electrons. The van der Waals surface area contributed by atoms with Crippen molar-refractivity contribution in [1.29, 1.82) is 0 Å². The number of aliphatic imine (C=N–C) groups is 1. The zero-order valence-corrected chi connectivity index (χ0v) is 12.0. The molecule has 0 saturated carbocycles. The summed E-state index contributed by atoms with van der Waals surface area (Å²) >= 11 is 0. The van der Waals surface area contributed by atoms with E-state index in [1.54, 1.807) is 18.2 Å². The van der Waals surface area contributed by atoms with Crippen LogP contribution in [0.25, 0.3) is 0 Å². The third-order valence-corrected chi connectivity index (χ3v) is 3.33. The van der Waals surface area contributed by atoms with E-state index in [-0.39, 0.29) is 0 Å². The molecule has 1 aromatic rings. The maximum absolute atomic E-state index is 12.1. The second-order valence-electron chi connectivity index (χ2n) is 5.11. The molecule has 0 N–H and O–H groups in total. The van der Waals surface area contributed by atoms with Crippen LogP contribution in [0.15, 0.2) is 40.5 Å². The highest BCUT2D eigenvalue weighted by Crippen LogP contribution is 2.27. The molecule has 0 aliphatic carbocycles. The smallest absolute Gasteiger partial charge is 0.368 e. The van der Waals surface area contributed by atoms with Crippen LogP contribution in [0, 0.1) is 0 Å². The number of hydrogen-bond donors (Lipinski definition) is 0. The van der Waals surface area contributed by atoms with Crippen molar-refractivity contribution in [3.05, 3.63) is 35.9 Å². The molecule has 0 spiro atoms. The highest BCUT2D eigenvalue weighted by atomic mass is 16.7. The lowest BCUT2D eigenvalue weighted by molar-refractivity contribution is -0.144. The summed E-state index contributed by atoms with van der Waals surface area (Å²) in [5.74, 6) is -0.399. The van der Waals surface area contributed by atoms with Crippen LogP contribution in [0.3, 0.4) is 0 Å². The number of nitrogens with zero attached hydrogens (tertiary/aromatic N) is 3. The van der Waals surface area contributed by atoms with Crippen molar-refractivity contribution in [2.24, 2.45) is 10.1 Å². The van der Waals surface area contributed by atoms with Crippen LogP contribution >= 0.6 is 0 Å². The predicted octanol–water partition coefficient (Wildman–Crippen LogP) is 1.88. The minimum absolute atomic E-state index is 0.399. The van der Waals surface area contributed by atoms with E-state index in [2.05, 4.69) is 10.1 Å². The van der Waals surface area contributed by atoms with Gasteiger partial charge >= 0.3 is 5.97 Å². The Morgan fingerprint density at radius 1 is 1.35 bits per heavy atom. The van der Waals surface area contributed by atoms with Crippen LogP contribution in [-0.2, 0) is 16.1 Å². The Hall–Kier alpha value is -2.17. The Labute approximate surface area is 118 Å². The van der Waals surface area contributed by atoms with Crippen LogP contribution in [0.2, 0.25) is 0 Å². The first-order valence-corrected chi connectivity index (χ1v) is 6.57. The van der Waals surface area contributed by atoms with Gasteiger partial charge in [-0.25, -0.2) is 4.79 Å². The molecule has 0 aromatic heterocycles. The molecule has 1 aromatic carbocycles. The Morgan fingerprint density at radius 2 is 2.05 bits per heavy atom. The molecule has 0 fully saturated rings. The minimum atomic E-state index is -0.986. The molecule has 20 heavy (non-hydrogen) atoms. The lowest BCUT2D eigenvalue weighted by Gasteiger charge is -2.21. The summed E-state index contributed by atoms with van der Waals surface area (Å²) in [4.78, 5) is 23.1. The molecule has 5 nitrogen and oxygen atoms in total. The van der Waals surface area contributed by atoms with Crippen LogP contribution in [0.1, 0.15) is 18.9 Å². The predicted molar refractivity (Wildman–Crippen MR) is 78.9 cm³/mol. The molecule has 106 valence electrons. The van der Waals surface area contributed by atoms with Crippen molar-refractivity contribution in [3.8, 4) is 0 Å². The van der Waals surface area contributed by atoms with Gasteiger partial charge in [0.05, 0.1) is 12.1 Å². The summed E-state index contributed by atoms with van der Waals surface area (Å²) in [6.07, 6.45) is 2.93. The standard InChI is InChI=1S/C15H19N3O2/c1-12-15(14(19)20-17-12,16-11-18(2)3)10-9-13-7-5-4-6-8-13/h4-8,11H,9-10H2,1-3H3. The largest absolute Gasteiger partial charge is 0.369 e. The van der Waals surface area contributed by atoms with E-state index in [1.807, 2.05) is 44.4 Å². The van der Waals surface area contributed by atoms with Gasteiger partial charge in [0.2, 0.25) is 5.54 Å². The first-order chi connectivity index (χ1) is 9.54. The van der Waals surface area contributed by atoms with Gasteiger partial charge in [-0.05, 0) is 25.3 Å². The summed E-state index contributed by atoms with van der Waals surface area (Å²) < 4.78 is 0. The van der Waals surface area contributed by atoms with Crippen LogP contribution in [0.5, 0.6) is 0 Å². The average Bonchev–Trinajstić information content (AvgIpc) is 2.72. The van der Waals surface area contributed by atoms with E-state index >= 15 is 0 Å². The zero-order chi connectivity index (χ0) is 14.6. The summed E-state index contributed by atoms with van der Waals surface area (Å²) in [5, 5.41) is 3.80. The van der Waals surface area contributed by atoms with Crippen molar-refractivity contribution in [2.75, 3.05) is 14.1 Å². The third kappa shape index (κ3) is 2.87. The van der Waals surface area contributed by atoms with Crippen molar-refractivity contribution in [1.82, 2.24) is 4.90 Å². The van der Waals surface area contributed by atoms with Crippen molar-refractivity contribution in [2.45, 2.75) is 25.3 Å². The average molecular weight is 273 g/mol. The van der Waals surface area contributed by atoms with Crippen LogP contribution in [-0.4, -0.2) is 42.6 Å². The molecule has 0 amide bonds. The van der Waals surface area contributed by atoms with Gasteiger partial charge < -0.3 is 9.74 Å². The first kappa shape index (κ1) is 14.2. The summed E-state index contributed by atoms with van der Waals surface area (Å²) in [7, 11) is 3.72. The zero-order valence-electron chi connectivity index (χ0n) is 12.0. The number of carbonyl (C=O) groups excluding carboxylic acids is 1. The highest BCUT2D eigenvalue weighted by Gasteiger charge is 2.47. The number of rotatable bonds is 5. The number of aryl methyl sites for hydroxylation is 1. The van der Waals surface area contributed by atoms with Gasteiger partial charge in [0, 0.05) is 14.1 Å². The summed E-state index contributed by atoms with van der Waals surface area (Å²) in [6, 6.07) is 10.0. The Balaban J connectivity index is 2.20. The minimum Gasteiger partial charge on any atom is -0.369 e. The van der Waals surface area contributed by atoms with Gasteiger partial charge in [0.1, 0.15) is 0 Å². The van der Waals surface area contributed by atoms with Gasteiger partial charge in [0.15, 0.2) is 0 Å². The van der Waals surface area contributed by atoms with E-state index in [1.165, 1.54) is 5.56 Å². The van der Waals surface area contributed by atoms with Crippen LogP contribution in [0.4, 0.5) is 0 Å². The molecular weight excluding hydrogens is 254 g/mol.